The smallest absolute Gasteiger partial charge is 0.126 e. The van der Waals surface area contributed by atoms with Crippen molar-refractivity contribution in [3.63, 3.8) is 0 Å². The molecule has 2 N–H and O–H groups in total. The molecule has 1 atom stereocenters. The van der Waals surface area contributed by atoms with Gasteiger partial charge in [0.25, 0.3) is 0 Å². The third-order valence-corrected chi connectivity index (χ3v) is 4.34. The average Bonchev–Trinajstić information content (AvgIpc) is 2.31. The molecule has 106 valence electrons. The van der Waals surface area contributed by atoms with Crippen molar-refractivity contribution in [1.29, 1.82) is 0 Å². The van der Waals surface area contributed by atoms with Gasteiger partial charge in [0.15, 0.2) is 0 Å². The summed E-state index contributed by atoms with van der Waals surface area (Å²) in [6, 6.07) is 2.05. The van der Waals surface area contributed by atoms with Gasteiger partial charge in [0.1, 0.15) is 11.5 Å². The van der Waals surface area contributed by atoms with Crippen LogP contribution in [0.1, 0.15) is 23.6 Å². The van der Waals surface area contributed by atoms with Crippen molar-refractivity contribution >= 4 is 0 Å². The molecule has 1 aliphatic heterocycles. The van der Waals surface area contributed by atoms with Gasteiger partial charge in [0, 0.05) is 11.6 Å². The van der Waals surface area contributed by atoms with Gasteiger partial charge in [-0.3, -0.25) is 0 Å². The fraction of sp³-hybridized carbons (Fsp3) is 0.600. The first-order chi connectivity index (χ1) is 8.97. The van der Waals surface area contributed by atoms with Gasteiger partial charge in [0.2, 0.25) is 0 Å². The minimum atomic E-state index is -0.170. The predicted molar refractivity (Wildman–Crippen MR) is 75.2 cm³/mol. The van der Waals surface area contributed by atoms with Gasteiger partial charge in [-0.05, 0) is 38.0 Å². The minimum Gasteiger partial charge on any atom is -0.496 e. The van der Waals surface area contributed by atoms with Crippen LogP contribution in [-0.4, -0.2) is 33.5 Å². The molecule has 1 aromatic carbocycles. The van der Waals surface area contributed by atoms with Crippen LogP contribution >= 0.6 is 0 Å². The van der Waals surface area contributed by atoms with Gasteiger partial charge in [-0.2, -0.15) is 0 Å². The van der Waals surface area contributed by atoms with Gasteiger partial charge in [0.05, 0.1) is 32.8 Å². The summed E-state index contributed by atoms with van der Waals surface area (Å²) in [5, 5.41) is 0. The molecule has 1 fully saturated rings. The van der Waals surface area contributed by atoms with Crippen LogP contribution in [0.3, 0.4) is 0 Å². The molecule has 2 rings (SSSR count). The summed E-state index contributed by atoms with van der Waals surface area (Å²) in [6.07, 6.45) is 0. The Hall–Kier alpha value is -1.26. The highest BCUT2D eigenvalue weighted by Crippen LogP contribution is 2.44. The normalized spacial score (nSPS) is 18.6. The van der Waals surface area contributed by atoms with Crippen LogP contribution in [0.2, 0.25) is 0 Å². The number of hydrogen-bond donors (Lipinski definition) is 1. The topological polar surface area (TPSA) is 53.7 Å². The number of benzene rings is 1. The summed E-state index contributed by atoms with van der Waals surface area (Å²) in [4.78, 5) is 0. The quantitative estimate of drug-likeness (QED) is 0.904. The Balaban J connectivity index is 2.65. The van der Waals surface area contributed by atoms with E-state index < -0.39 is 0 Å². The fourth-order valence-electron chi connectivity index (χ4n) is 2.69. The van der Waals surface area contributed by atoms with Gasteiger partial charge in [-0.1, -0.05) is 0 Å². The molecular weight excluding hydrogens is 242 g/mol. The lowest BCUT2D eigenvalue weighted by atomic mass is 9.72. The van der Waals surface area contributed by atoms with Crippen molar-refractivity contribution in [2.75, 3.05) is 27.4 Å². The maximum atomic E-state index is 6.19. The highest BCUT2D eigenvalue weighted by atomic mass is 16.5. The van der Waals surface area contributed by atoms with Crippen molar-refractivity contribution in [3.8, 4) is 11.5 Å². The lowest BCUT2D eigenvalue weighted by molar-refractivity contribution is -0.0711. The molecule has 4 heteroatoms. The van der Waals surface area contributed by atoms with E-state index in [1.165, 1.54) is 0 Å². The standard InChI is InChI=1S/C15H23NO3/c1-9-10(2)14(18-5)12(6-13(9)17-4)15(11(3)16)7-19-8-15/h6,11H,7-8,16H2,1-5H3. The summed E-state index contributed by atoms with van der Waals surface area (Å²) in [5.74, 6) is 1.78. The molecule has 0 bridgehead atoms. The van der Waals surface area contributed by atoms with Crippen LogP contribution in [0.15, 0.2) is 6.07 Å². The molecule has 0 aromatic heterocycles. The molecule has 0 radical (unpaired) electrons. The van der Waals surface area contributed by atoms with Crippen molar-refractivity contribution in [2.24, 2.45) is 5.73 Å². The van der Waals surface area contributed by atoms with Crippen LogP contribution in [0.4, 0.5) is 0 Å². The van der Waals surface area contributed by atoms with Gasteiger partial charge in [-0.25, -0.2) is 0 Å². The number of rotatable bonds is 4. The summed E-state index contributed by atoms with van der Waals surface area (Å²) < 4.78 is 16.5. The first kappa shape index (κ1) is 14.2. The van der Waals surface area contributed by atoms with E-state index in [1.807, 2.05) is 19.9 Å². The average molecular weight is 265 g/mol. The molecule has 0 amide bonds. The van der Waals surface area contributed by atoms with Gasteiger partial charge < -0.3 is 19.9 Å². The molecule has 19 heavy (non-hydrogen) atoms. The second-order valence-electron chi connectivity index (χ2n) is 5.35. The van der Waals surface area contributed by atoms with Crippen molar-refractivity contribution in [3.05, 3.63) is 22.8 Å². The Morgan fingerprint density at radius 2 is 1.84 bits per heavy atom. The van der Waals surface area contributed by atoms with Crippen molar-refractivity contribution in [2.45, 2.75) is 32.2 Å². The first-order valence-electron chi connectivity index (χ1n) is 6.54. The summed E-state index contributed by atoms with van der Waals surface area (Å²) >= 11 is 0. The Kier molecular flexibility index (Phi) is 3.74. The van der Waals surface area contributed by atoms with E-state index in [0.717, 1.165) is 28.2 Å². The van der Waals surface area contributed by atoms with Crippen molar-refractivity contribution < 1.29 is 14.2 Å². The van der Waals surface area contributed by atoms with E-state index in [1.54, 1.807) is 14.2 Å². The number of hydrogen-bond acceptors (Lipinski definition) is 4. The number of ether oxygens (including phenoxy) is 3. The molecule has 0 spiro atoms. The summed E-state index contributed by atoms with van der Waals surface area (Å²) in [6.45, 7) is 7.37. The number of nitrogens with two attached hydrogens (primary N) is 1. The van der Waals surface area contributed by atoms with E-state index >= 15 is 0 Å². The van der Waals surface area contributed by atoms with Crippen molar-refractivity contribution in [1.82, 2.24) is 0 Å². The minimum absolute atomic E-state index is 0.00182. The van der Waals surface area contributed by atoms with Gasteiger partial charge in [-0.15, -0.1) is 0 Å². The van der Waals surface area contributed by atoms with E-state index in [-0.39, 0.29) is 11.5 Å². The van der Waals surface area contributed by atoms with E-state index in [2.05, 4.69) is 6.92 Å². The molecule has 1 aliphatic rings. The largest absolute Gasteiger partial charge is 0.496 e. The third kappa shape index (κ3) is 1.99. The fourth-order valence-corrected chi connectivity index (χ4v) is 2.69. The zero-order chi connectivity index (χ0) is 14.2. The lowest BCUT2D eigenvalue weighted by Gasteiger charge is -2.46. The molecule has 1 heterocycles. The summed E-state index contributed by atoms with van der Waals surface area (Å²) in [5.41, 5.74) is 9.32. The van der Waals surface area contributed by atoms with Crippen LogP contribution in [0.5, 0.6) is 11.5 Å². The van der Waals surface area contributed by atoms with E-state index in [4.69, 9.17) is 19.9 Å². The van der Waals surface area contributed by atoms with Crippen LogP contribution in [-0.2, 0) is 10.2 Å². The van der Waals surface area contributed by atoms with Crippen LogP contribution < -0.4 is 15.2 Å². The zero-order valence-corrected chi connectivity index (χ0v) is 12.4. The molecule has 0 aliphatic carbocycles. The molecule has 1 aromatic rings. The third-order valence-electron chi connectivity index (χ3n) is 4.34. The molecule has 4 nitrogen and oxygen atoms in total. The monoisotopic (exact) mass is 265 g/mol. The van der Waals surface area contributed by atoms with E-state index in [9.17, 15) is 0 Å². The maximum absolute atomic E-state index is 6.19. The molecule has 1 saturated heterocycles. The van der Waals surface area contributed by atoms with E-state index in [0.29, 0.717) is 13.2 Å². The Morgan fingerprint density at radius 3 is 2.21 bits per heavy atom. The second-order valence-corrected chi connectivity index (χ2v) is 5.35. The Morgan fingerprint density at radius 1 is 1.21 bits per heavy atom. The molecule has 0 saturated carbocycles. The number of methoxy groups -OCH3 is 2. The summed E-state index contributed by atoms with van der Waals surface area (Å²) in [7, 11) is 3.39. The second kappa shape index (κ2) is 5.02. The maximum Gasteiger partial charge on any atom is 0.126 e. The van der Waals surface area contributed by atoms with Crippen LogP contribution in [0, 0.1) is 13.8 Å². The SMILES string of the molecule is COc1cc(C2(C(C)N)COC2)c(OC)c(C)c1C. The van der Waals surface area contributed by atoms with Gasteiger partial charge >= 0.3 is 0 Å². The zero-order valence-electron chi connectivity index (χ0n) is 12.4. The highest BCUT2D eigenvalue weighted by Gasteiger charge is 2.46. The Bertz CT molecular complexity index is 479. The molecule has 1 unspecified atom stereocenters. The Labute approximate surface area is 114 Å². The highest BCUT2D eigenvalue weighted by molar-refractivity contribution is 5.56. The lowest BCUT2D eigenvalue weighted by Crippen LogP contribution is -2.57. The predicted octanol–water partition coefficient (Wildman–Crippen LogP) is 1.94. The molecular formula is C15H23NO3. The van der Waals surface area contributed by atoms with Crippen LogP contribution in [0.25, 0.3) is 0 Å². The first-order valence-corrected chi connectivity index (χ1v) is 6.54.